The predicted molar refractivity (Wildman–Crippen MR) is 116 cm³/mol. The molecule has 2 heterocycles. The molecule has 1 aromatic heterocycles. The first-order valence-corrected chi connectivity index (χ1v) is 10.3. The predicted octanol–water partition coefficient (Wildman–Crippen LogP) is 5.09. The molecule has 1 saturated heterocycles. The Balaban J connectivity index is 1.77. The molecule has 3 aromatic rings. The summed E-state index contributed by atoms with van der Waals surface area (Å²) in [6.07, 6.45) is 1.01. The van der Waals surface area contributed by atoms with Crippen LogP contribution in [0.4, 0.5) is 0 Å². The fourth-order valence-electron chi connectivity index (χ4n) is 3.75. The van der Waals surface area contributed by atoms with Gasteiger partial charge in [0, 0.05) is 12.5 Å². The van der Waals surface area contributed by atoms with Gasteiger partial charge in [-0.1, -0.05) is 31.5 Å². The van der Waals surface area contributed by atoms with Crippen LogP contribution in [-0.4, -0.2) is 29.8 Å². The van der Waals surface area contributed by atoms with Gasteiger partial charge >= 0.3 is 0 Å². The quantitative estimate of drug-likeness (QED) is 0.633. The molecule has 0 saturated carbocycles. The number of hydrogen-bond acceptors (Lipinski definition) is 4. The van der Waals surface area contributed by atoms with Crippen molar-refractivity contribution >= 4 is 22.5 Å². The molecule has 6 heteroatoms. The lowest BCUT2D eigenvalue weighted by Crippen LogP contribution is -2.12. The molecule has 1 unspecified atom stereocenters. The number of halogens is 1. The Hall–Kier alpha value is -2.37. The summed E-state index contributed by atoms with van der Waals surface area (Å²) in [5.41, 5.74) is 3.68. The molecule has 5 nitrogen and oxygen atoms in total. The number of fused-ring (bicyclic) bond motifs is 1. The fourth-order valence-corrected chi connectivity index (χ4v) is 3.92. The second kappa shape index (κ2) is 8.17. The van der Waals surface area contributed by atoms with Crippen molar-refractivity contribution in [2.24, 2.45) is 5.92 Å². The second-order valence-corrected chi connectivity index (χ2v) is 8.36. The normalized spacial score (nSPS) is 16.7. The van der Waals surface area contributed by atoms with Gasteiger partial charge in [-0.25, -0.2) is 4.98 Å². The Morgan fingerprint density at radius 3 is 2.86 bits per heavy atom. The fraction of sp³-hybridized carbons (Fsp3) is 0.391. The van der Waals surface area contributed by atoms with E-state index in [9.17, 15) is 4.79 Å². The first-order chi connectivity index (χ1) is 13.9. The van der Waals surface area contributed by atoms with Crippen molar-refractivity contribution in [1.29, 1.82) is 0 Å². The SMILES string of the molecule is Cc1nc2cc(C(C)C)c(-c3ccc(Cl)c(OCC4CCOC4)c3)cc2c(=O)[nH]1. The Bertz CT molecular complexity index is 1100. The minimum absolute atomic E-state index is 0.129. The van der Waals surface area contributed by atoms with Gasteiger partial charge < -0.3 is 14.5 Å². The van der Waals surface area contributed by atoms with Crippen LogP contribution in [0.3, 0.4) is 0 Å². The average Bonchev–Trinajstić information content (AvgIpc) is 3.20. The van der Waals surface area contributed by atoms with Crippen molar-refractivity contribution in [3.8, 4) is 16.9 Å². The van der Waals surface area contributed by atoms with Gasteiger partial charge in [0.25, 0.3) is 5.56 Å². The number of rotatable bonds is 5. The van der Waals surface area contributed by atoms with E-state index in [0.717, 1.165) is 36.3 Å². The highest BCUT2D eigenvalue weighted by Crippen LogP contribution is 2.36. The number of nitrogens with zero attached hydrogens (tertiary/aromatic N) is 1. The summed E-state index contributed by atoms with van der Waals surface area (Å²) in [5, 5.41) is 1.16. The van der Waals surface area contributed by atoms with E-state index in [4.69, 9.17) is 21.1 Å². The molecule has 152 valence electrons. The van der Waals surface area contributed by atoms with Gasteiger partial charge in [-0.15, -0.1) is 0 Å². The highest BCUT2D eigenvalue weighted by molar-refractivity contribution is 6.32. The van der Waals surface area contributed by atoms with E-state index < -0.39 is 0 Å². The van der Waals surface area contributed by atoms with E-state index in [1.165, 1.54) is 0 Å². The number of nitrogens with one attached hydrogen (secondary N) is 1. The lowest BCUT2D eigenvalue weighted by molar-refractivity contribution is 0.167. The maximum atomic E-state index is 12.5. The maximum absolute atomic E-state index is 12.5. The summed E-state index contributed by atoms with van der Waals surface area (Å²) in [6, 6.07) is 9.72. The van der Waals surface area contributed by atoms with Crippen LogP contribution >= 0.6 is 11.6 Å². The first kappa shape index (κ1) is 19.9. The number of aromatic amines is 1. The van der Waals surface area contributed by atoms with Crippen molar-refractivity contribution in [3.63, 3.8) is 0 Å². The van der Waals surface area contributed by atoms with Gasteiger partial charge in [-0.3, -0.25) is 4.79 Å². The van der Waals surface area contributed by atoms with Crippen LogP contribution in [0.2, 0.25) is 5.02 Å². The number of H-pyrrole nitrogens is 1. The molecule has 29 heavy (non-hydrogen) atoms. The van der Waals surface area contributed by atoms with Crippen LogP contribution in [-0.2, 0) is 4.74 Å². The molecule has 0 aliphatic carbocycles. The topological polar surface area (TPSA) is 64.2 Å². The first-order valence-electron chi connectivity index (χ1n) is 9.97. The number of benzene rings is 2. The largest absolute Gasteiger partial charge is 0.492 e. The van der Waals surface area contributed by atoms with E-state index in [2.05, 4.69) is 23.8 Å². The van der Waals surface area contributed by atoms with E-state index >= 15 is 0 Å². The van der Waals surface area contributed by atoms with Crippen molar-refractivity contribution in [3.05, 3.63) is 57.1 Å². The molecule has 0 amide bonds. The summed E-state index contributed by atoms with van der Waals surface area (Å²) >= 11 is 6.39. The lowest BCUT2D eigenvalue weighted by Gasteiger charge is -2.17. The van der Waals surface area contributed by atoms with Crippen molar-refractivity contribution in [2.45, 2.75) is 33.1 Å². The van der Waals surface area contributed by atoms with Crippen LogP contribution < -0.4 is 10.3 Å². The van der Waals surface area contributed by atoms with Crippen LogP contribution in [0.25, 0.3) is 22.0 Å². The Morgan fingerprint density at radius 2 is 2.14 bits per heavy atom. The molecule has 0 radical (unpaired) electrons. The standard InChI is InChI=1S/C23H25ClN2O3/c1-13(2)17-10-21-19(23(27)26-14(3)25-21)9-18(17)16-4-5-20(24)22(8-16)29-12-15-6-7-28-11-15/h4-5,8-10,13,15H,6-7,11-12H2,1-3H3,(H,25,26,27). The Kier molecular flexibility index (Phi) is 5.61. The third-order valence-electron chi connectivity index (χ3n) is 5.36. The smallest absolute Gasteiger partial charge is 0.258 e. The Labute approximate surface area is 175 Å². The van der Waals surface area contributed by atoms with E-state index in [1.54, 1.807) is 6.92 Å². The van der Waals surface area contributed by atoms with Gasteiger partial charge in [0.2, 0.25) is 0 Å². The lowest BCUT2D eigenvalue weighted by atomic mass is 9.91. The molecule has 1 atom stereocenters. The molecule has 2 aromatic carbocycles. The molecule has 1 N–H and O–H groups in total. The molecular formula is C23H25ClN2O3. The van der Waals surface area contributed by atoms with Crippen LogP contribution in [0, 0.1) is 12.8 Å². The number of aryl methyl sites for hydroxylation is 1. The summed E-state index contributed by atoms with van der Waals surface area (Å²) in [5.74, 6) is 1.94. The summed E-state index contributed by atoms with van der Waals surface area (Å²) in [7, 11) is 0. The minimum Gasteiger partial charge on any atom is -0.492 e. The molecule has 0 bridgehead atoms. The number of aromatic nitrogens is 2. The van der Waals surface area contributed by atoms with Gasteiger partial charge in [0.15, 0.2) is 0 Å². The van der Waals surface area contributed by atoms with E-state index in [0.29, 0.717) is 40.0 Å². The average molecular weight is 413 g/mol. The van der Waals surface area contributed by atoms with Gasteiger partial charge in [0.1, 0.15) is 11.6 Å². The maximum Gasteiger partial charge on any atom is 0.258 e. The van der Waals surface area contributed by atoms with Crippen LogP contribution in [0.15, 0.2) is 35.1 Å². The molecule has 4 rings (SSSR count). The van der Waals surface area contributed by atoms with Gasteiger partial charge in [-0.2, -0.15) is 0 Å². The van der Waals surface area contributed by atoms with E-state index in [-0.39, 0.29) is 11.5 Å². The third-order valence-corrected chi connectivity index (χ3v) is 5.67. The minimum atomic E-state index is -0.129. The summed E-state index contributed by atoms with van der Waals surface area (Å²) in [6.45, 7) is 8.17. The summed E-state index contributed by atoms with van der Waals surface area (Å²) in [4.78, 5) is 19.8. The van der Waals surface area contributed by atoms with Crippen molar-refractivity contribution in [1.82, 2.24) is 9.97 Å². The molecule has 1 aliphatic heterocycles. The highest BCUT2D eigenvalue weighted by Gasteiger charge is 2.18. The molecular weight excluding hydrogens is 388 g/mol. The molecule has 0 spiro atoms. The van der Waals surface area contributed by atoms with Crippen LogP contribution in [0.5, 0.6) is 5.75 Å². The zero-order chi connectivity index (χ0) is 20.5. The molecule has 1 aliphatic rings. The van der Waals surface area contributed by atoms with Crippen molar-refractivity contribution < 1.29 is 9.47 Å². The summed E-state index contributed by atoms with van der Waals surface area (Å²) < 4.78 is 11.4. The zero-order valence-corrected chi connectivity index (χ0v) is 17.7. The third kappa shape index (κ3) is 4.16. The van der Waals surface area contributed by atoms with Gasteiger partial charge in [-0.05, 0) is 60.2 Å². The highest BCUT2D eigenvalue weighted by atomic mass is 35.5. The molecule has 1 fully saturated rings. The number of hydrogen-bond donors (Lipinski definition) is 1. The monoisotopic (exact) mass is 412 g/mol. The van der Waals surface area contributed by atoms with E-state index in [1.807, 2.05) is 30.3 Å². The van der Waals surface area contributed by atoms with Gasteiger partial charge in [0.05, 0.1) is 29.1 Å². The Morgan fingerprint density at radius 1 is 1.31 bits per heavy atom. The zero-order valence-electron chi connectivity index (χ0n) is 16.9. The van der Waals surface area contributed by atoms with Crippen LogP contribution in [0.1, 0.15) is 37.6 Å². The number of ether oxygens (including phenoxy) is 2. The second-order valence-electron chi connectivity index (χ2n) is 7.95. The van der Waals surface area contributed by atoms with Crippen molar-refractivity contribution in [2.75, 3.05) is 19.8 Å².